The molecule has 104 valence electrons. The van der Waals surface area contributed by atoms with Crippen LogP contribution in [0.4, 0.5) is 4.39 Å². The van der Waals surface area contributed by atoms with Gasteiger partial charge in [-0.2, -0.15) is 0 Å². The van der Waals surface area contributed by atoms with Crippen LogP contribution in [0.5, 0.6) is 5.75 Å². The Morgan fingerprint density at radius 2 is 1.95 bits per heavy atom. The quantitative estimate of drug-likeness (QED) is 0.879. The molecular weight excluding hydrogens is 321 g/mol. The second-order valence-electron chi connectivity index (χ2n) is 4.92. The van der Waals surface area contributed by atoms with Crippen molar-refractivity contribution in [3.63, 3.8) is 0 Å². The van der Waals surface area contributed by atoms with E-state index in [0.29, 0.717) is 5.75 Å². The highest BCUT2D eigenvalue weighted by atomic mass is 79.9. The van der Waals surface area contributed by atoms with Crippen molar-refractivity contribution >= 4 is 15.9 Å². The zero-order chi connectivity index (χ0) is 14.1. The van der Waals surface area contributed by atoms with E-state index in [4.69, 9.17) is 4.74 Å². The zero-order valence-electron chi connectivity index (χ0n) is 11.1. The van der Waals surface area contributed by atoms with Gasteiger partial charge in [0.05, 0.1) is 0 Å². The predicted molar refractivity (Wildman–Crippen MR) is 80.3 cm³/mol. The number of benzene rings is 2. The normalized spacial score (nSPS) is 21.1. The monoisotopic (exact) mass is 335 g/mol. The molecule has 1 heterocycles. The Morgan fingerprint density at radius 1 is 1.20 bits per heavy atom. The molecule has 0 aromatic heterocycles. The Labute approximate surface area is 126 Å². The van der Waals surface area contributed by atoms with E-state index in [9.17, 15) is 4.39 Å². The molecule has 2 atom stereocenters. The Hall–Kier alpha value is -1.39. The number of fused-ring (bicyclic) bond motifs is 1. The van der Waals surface area contributed by atoms with Gasteiger partial charge in [0.25, 0.3) is 0 Å². The van der Waals surface area contributed by atoms with Gasteiger partial charge in [-0.05, 0) is 30.8 Å². The SMILES string of the molecule is CNC1CC(c2ccc(Br)cc2)Oc2cc(F)ccc21. The molecule has 2 aromatic carbocycles. The minimum Gasteiger partial charge on any atom is -0.485 e. The van der Waals surface area contributed by atoms with Gasteiger partial charge in [-0.1, -0.05) is 34.1 Å². The van der Waals surface area contributed by atoms with E-state index < -0.39 is 0 Å². The number of ether oxygens (including phenoxy) is 1. The molecule has 3 rings (SSSR count). The van der Waals surface area contributed by atoms with E-state index >= 15 is 0 Å². The van der Waals surface area contributed by atoms with Crippen LogP contribution in [0.3, 0.4) is 0 Å². The van der Waals surface area contributed by atoms with E-state index in [2.05, 4.69) is 21.2 Å². The number of hydrogen-bond acceptors (Lipinski definition) is 2. The summed E-state index contributed by atoms with van der Waals surface area (Å²) in [7, 11) is 1.92. The third kappa shape index (κ3) is 2.58. The van der Waals surface area contributed by atoms with E-state index in [1.54, 1.807) is 6.07 Å². The fourth-order valence-electron chi connectivity index (χ4n) is 2.60. The maximum absolute atomic E-state index is 13.4. The Morgan fingerprint density at radius 3 is 2.65 bits per heavy atom. The summed E-state index contributed by atoms with van der Waals surface area (Å²) in [5.74, 6) is 0.360. The predicted octanol–water partition coefficient (Wildman–Crippen LogP) is 4.37. The topological polar surface area (TPSA) is 21.3 Å². The smallest absolute Gasteiger partial charge is 0.127 e. The van der Waals surface area contributed by atoms with E-state index in [1.807, 2.05) is 31.3 Å². The van der Waals surface area contributed by atoms with E-state index in [1.165, 1.54) is 12.1 Å². The van der Waals surface area contributed by atoms with Crippen molar-refractivity contribution in [2.24, 2.45) is 0 Å². The minimum absolute atomic E-state index is 0.0603. The molecule has 20 heavy (non-hydrogen) atoms. The second kappa shape index (κ2) is 5.54. The molecule has 1 aliphatic rings. The van der Waals surface area contributed by atoms with Gasteiger partial charge in [0, 0.05) is 28.6 Å². The van der Waals surface area contributed by atoms with Gasteiger partial charge in [0.1, 0.15) is 17.7 Å². The summed E-state index contributed by atoms with van der Waals surface area (Å²) in [5.41, 5.74) is 2.12. The van der Waals surface area contributed by atoms with Crippen LogP contribution in [0.2, 0.25) is 0 Å². The summed E-state index contributed by atoms with van der Waals surface area (Å²) in [5, 5.41) is 3.28. The van der Waals surface area contributed by atoms with Crippen molar-refractivity contribution < 1.29 is 9.13 Å². The van der Waals surface area contributed by atoms with Crippen LogP contribution in [0.1, 0.15) is 29.7 Å². The molecule has 0 saturated carbocycles. The molecular formula is C16H15BrFNO. The molecule has 2 unspecified atom stereocenters. The van der Waals surface area contributed by atoms with Gasteiger partial charge < -0.3 is 10.1 Å². The molecule has 0 fully saturated rings. The van der Waals surface area contributed by atoms with Crippen LogP contribution in [0.25, 0.3) is 0 Å². The largest absolute Gasteiger partial charge is 0.485 e. The standard InChI is InChI=1S/C16H15BrFNO/c1-19-14-9-15(10-2-4-11(17)5-3-10)20-16-8-12(18)6-7-13(14)16/h2-8,14-15,19H,9H2,1H3. The van der Waals surface area contributed by atoms with E-state index in [0.717, 1.165) is 22.0 Å². The molecule has 0 spiro atoms. The molecule has 0 aliphatic carbocycles. The summed E-state index contributed by atoms with van der Waals surface area (Å²) >= 11 is 3.43. The Balaban J connectivity index is 1.95. The molecule has 0 bridgehead atoms. The highest BCUT2D eigenvalue weighted by Gasteiger charge is 2.28. The fourth-order valence-corrected chi connectivity index (χ4v) is 2.86. The summed E-state index contributed by atoms with van der Waals surface area (Å²) in [6.07, 6.45) is 0.770. The highest BCUT2D eigenvalue weighted by molar-refractivity contribution is 9.10. The molecule has 4 heteroatoms. The third-order valence-corrected chi connectivity index (χ3v) is 4.19. The first kappa shape index (κ1) is 13.6. The molecule has 1 aliphatic heterocycles. The number of nitrogens with one attached hydrogen (secondary N) is 1. The van der Waals surface area contributed by atoms with Crippen LogP contribution in [0, 0.1) is 5.82 Å². The molecule has 0 radical (unpaired) electrons. The van der Waals surface area contributed by atoms with Gasteiger partial charge >= 0.3 is 0 Å². The van der Waals surface area contributed by atoms with Crippen LogP contribution >= 0.6 is 15.9 Å². The lowest BCUT2D eigenvalue weighted by molar-refractivity contribution is 0.153. The second-order valence-corrected chi connectivity index (χ2v) is 5.83. The lowest BCUT2D eigenvalue weighted by Gasteiger charge is -2.32. The Kier molecular flexibility index (Phi) is 3.76. The lowest BCUT2D eigenvalue weighted by atomic mass is 9.93. The van der Waals surface area contributed by atoms with Crippen LogP contribution in [0.15, 0.2) is 46.9 Å². The number of rotatable bonds is 2. The van der Waals surface area contributed by atoms with Crippen molar-refractivity contribution in [3.8, 4) is 5.75 Å². The molecule has 0 amide bonds. The van der Waals surface area contributed by atoms with Crippen molar-refractivity contribution in [1.82, 2.24) is 5.32 Å². The van der Waals surface area contributed by atoms with Crippen molar-refractivity contribution in [2.45, 2.75) is 18.6 Å². The van der Waals surface area contributed by atoms with Crippen LogP contribution in [-0.2, 0) is 0 Å². The molecule has 2 nitrogen and oxygen atoms in total. The summed E-state index contributed by atoms with van der Waals surface area (Å²) in [4.78, 5) is 0. The van der Waals surface area contributed by atoms with Gasteiger partial charge in [-0.15, -0.1) is 0 Å². The first-order valence-corrected chi connectivity index (χ1v) is 7.35. The zero-order valence-corrected chi connectivity index (χ0v) is 12.7. The van der Waals surface area contributed by atoms with Crippen molar-refractivity contribution in [2.75, 3.05) is 7.05 Å². The molecule has 2 aromatic rings. The summed E-state index contributed by atoms with van der Waals surface area (Å²) in [6, 6.07) is 13.0. The summed E-state index contributed by atoms with van der Waals surface area (Å²) < 4.78 is 20.4. The Bertz CT molecular complexity index is 614. The third-order valence-electron chi connectivity index (χ3n) is 3.66. The molecule has 0 saturated heterocycles. The number of halogens is 2. The maximum Gasteiger partial charge on any atom is 0.127 e. The first-order chi connectivity index (χ1) is 9.67. The average Bonchev–Trinajstić information content (AvgIpc) is 2.46. The maximum atomic E-state index is 13.4. The van der Waals surface area contributed by atoms with Crippen molar-refractivity contribution in [3.05, 3.63) is 63.9 Å². The lowest BCUT2D eigenvalue weighted by Crippen LogP contribution is -2.26. The fraction of sp³-hybridized carbons (Fsp3) is 0.250. The van der Waals surface area contributed by atoms with Crippen LogP contribution in [-0.4, -0.2) is 7.05 Å². The van der Waals surface area contributed by atoms with Gasteiger partial charge in [0.2, 0.25) is 0 Å². The average molecular weight is 336 g/mol. The summed E-state index contributed by atoms with van der Waals surface area (Å²) in [6.45, 7) is 0. The van der Waals surface area contributed by atoms with Gasteiger partial charge in [0.15, 0.2) is 0 Å². The van der Waals surface area contributed by atoms with Crippen molar-refractivity contribution in [1.29, 1.82) is 0 Å². The first-order valence-electron chi connectivity index (χ1n) is 6.56. The van der Waals surface area contributed by atoms with Gasteiger partial charge in [-0.3, -0.25) is 0 Å². The van der Waals surface area contributed by atoms with Gasteiger partial charge in [-0.25, -0.2) is 4.39 Å². The minimum atomic E-state index is -0.268. The van der Waals surface area contributed by atoms with E-state index in [-0.39, 0.29) is 18.0 Å². The molecule has 1 N–H and O–H groups in total. The van der Waals surface area contributed by atoms with Crippen LogP contribution < -0.4 is 10.1 Å². The number of hydrogen-bond donors (Lipinski definition) is 1. The highest BCUT2D eigenvalue weighted by Crippen LogP contribution is 2.41.